The number of nitrogens with zero attached hydrogens (tertiary/aromatic N) is 4. The van der Waals surface area contributed by atoms with Crippen LogP contribution >= 0.6 is 0 Å². The molecule has 2 heterocycles. The molecule has 2 saturated heterocycles. The van der Waals surface area contributed by atoms with E-state index in [1.807, 2.05) is 29.2 Å². The molecule has 5 heteroatoms. The van der Waals surface area contributed by atoms with Gasteiger partial charge in [-0.2, -0.15) is 5.26 Å². The van der Waals surface area contributed by atoms with E-state index in [-0.39, 0.29) is 6.03 Å². The largest absolute Gasteiger partial charge is 0.424 e. The summed E-state index contributed by atoms with van der Waals surface area (Å²) in [6.07, 6.45) is 2.13. The molecule has 0 saturated carbocycles. The maximum atomic E-state index is 13.4. The zero-order valence-electron chi connectivity index (χ0n) is 14.7. The van der Waals surface area contributed by atoms with E-state index < -0.39 is 0 Å². The number of carbonyl (C=O) groups is 1. The smallest absolute Gasteiger partial charge is 0.297 e. The van der Waals surface area contributed by atoms with E-state index in [0.29, 0.717) is 16.1 Å². The molecular weight excluding hydrogens is 300 g/mol. The monoisotopic (exact) mass is 327 g/mol. The Labute approximate surface area is 144 Å². The van der Waals surface area contributed by atoms with Crippen LogP contribution in [0, 0.1) is 11.3 Å². The first-order valence-electron chi connectivity index (χ1n) is 8.98. The fourth-order valence-electron chi connectivity index (χ4n) is 3.98. The van der Waals surface area contributed by atoms with E-state index in [4.69, 9.17) is 0 Å². The lowest BCUT2D eigenvalue weighted by Crippen LogP contribution is -2.62. The van der Waals surface area contributed by atoms with Gasteiger partial charge in [-0.15, -0.1) is 0 Å². The van der Waals surface area contributed by atoms with Crippen molar-refractivity contribution in [2.45, 2.75) is 32.7 Å². The summed E-state index contributed by atoms with van der Waals surface area (Å²) in [5.74, 6) is 0. The molecule has 2 aliphatic heterocycles. The molecular formula is C19H27N4O+. The van der Waals surface area contributed by atoms with Gasteiger partial charge in [-0.1, -0.05) is 6.07 Å². The third-order valence-corrected chi connectivity index (χ3v) is 5.48. The zero-order valence-corrected chi connectivity index (χ0v) is 14.7. The van der Waals surface area contributed by atoms with E-state index in [2.05, 4.69) is 24.8 Å². The average Bonchev–Trinajstić information content (AvgIpc) is 3.12. The lowest BCUT2D eigenvalue weighted by Gasteiger charge is -2.40. The van der Waals surface area contributed by atoms with Crippen molar-refractivity contribution in [1.29, 1.82) is 5.26 Å². The van der Waals surface area contributed by atoms with Gasteiger partial charge in [0.25, 0.3) is 0 Å². The molecule has 0 aromatic heterocycles. The number of likely N-dealkylation sites (tertiary alicyclic amines) is 1. The quantitative estimate of drug-likeness (QED) is 0.785. The number of hydrogen-bond donors (Lipinski definition) is 0. The Hall–Kier alpha value is -1.90. The summed E-state index contributed by atoms with van der Waals surface area (Å²) in [4.78, 5) is 17.9. The minimum absolute atomic E-state index is 0.214. The van der Waals surface area contributed by atoms with Gasteiger partial charge in [0, 0.05) is 51.1 Å². The molecule has 0 aliphatic carbocycles. The van der Waals surface area contributed by atoms with Crippen LogP contribution in [0.15, 0.2) is 24.3 Å². The fraction of sp³-hybridized carbons (Fsp3) is 0.579. The van der Waals surface area contributed by atoms with Crippen molar-refractivity contribution in [3.63, 3.8) is 0 Å². The van der Waals surface area contributed by atoms with Crippen LogP contribution in [-0.4, -0.2) is 61.1 Å². The Bertz CT molecular complexity index is 635. The molecule has 1 aromatic carbocycles. The molecule has 0 radical (unpaired) electrons. The highest BCUT2D eigenvalue weighted by Crippen LogP contribution is 2.32. The first-order valence-corrected chi connectivity index (χ1v) is 8.98. The standard InChI is InChI=1S/C19H27N4O/c1-16(2)21-8-10-22(11-9-21)19(24)23(12-3-4-13-23)18-7-5-6-17(14-18)15-20/h5-7,14,16H,3-4,8-13H2,1-2H3/q+1. The van der Waals surface area contributed by atoms with Gasteiger partial charge in [0.05, 0.1) is 24.7 Å². The molecule has 0 atom stereocenters. The number of benzene rings is 1. The molecule has 0 N–H and O–H groups in total. The van der Waals surface area contributed by atoms with Crippen molar-refractivity contribution >= 4 is 11.7 Å². The van der Waals surface area contributed by atoms with Crippen LogP contribution in [0.3, 0.4) is 0 Å². The summed E-state index contributed by atoms with van der Waals surface area (Å²) >= 11 is 0. The van der Waals surface area contributed by atoms with Crippen LogP contribution < -0.4 is 4.48 Å². The van der Waals surface area contributed by atoms with Crippen LogP contribution in [-0.2, 0) is 0 Å². The van der Waals surface area contributed by atoms with Gasteiger partial charge in [-0.3, -0.25) is 9.80 Å². The second kappa shape index (κ2) is 6.92. The van der Waals surface area contributed by atoms with Crippen LogP contribution in [0.5, 0.6) is 0 Å². The zero-order chi connectivity index (χ0) is 17.2. The number of hydrogen-bond acceptors (Lipinski definition) is 3. The van der Waals surface area contributed by atoms with Gasteiger partial charge >= 0.3 is 6.03 Å². The van der Waals surface area contributed by atoms with Gasteiger partial charge in [-0.25, -0.2) is 9.28 Å². The third kappa shape index (κ3) is 3.04. The predicted octanol–water partition coefficient (Wildman–Crippen LogP) is 2.81. The number of quaternary nitrogens is 1. The topological polar surface area (TPSA) is 47.3 Å². The number of urea groups is 1. The van der Waals surface area contributed by atoms with Gasteiger partial charge in [0.2, 0.25) is 0 Å². The van der Waals surface area contributed by atoms with E-state index in [9.17, 15) is 10.1 Å². The number of carbonyl (C=O) groups excluding carboxylic acids is 1. The molecule has 2 amide bonds. The van der Waals surface area contributed by atoms with E-state index in [1.54, 1.807) is 0 Å². The Morgan fingerprint density at radius 3 is 2.42 bits per heavy atom. The lowest BCUT2D eigenvalue weighted by molar-refractivity contribution is 0.104. The average molecular weight is 327 g/mol. The van der Waals surface area contributed by atoms with E-state index >= 15 is 0 Å². The molecule has 128 valence electrons. The van der Waals surface area contributed by atoms with Crippen LogP contribution in [0.4, 0.5) is 10.5 Å². The molecule has 0 spiro atoms. The van der Waals surface area contributed by atoms with Gasteiger partial charge in [-0.05, 0) is 26.0 Å². The minimum atomic E-state index is 0.214. The maximum absolute atomic E-state index is 13.4. The van der Waals surface area contributed by atoms with E-state index in [0.717, 1.165) is 57.8 Å². The first kappa shape index (κ1) is 16.9. The second-order valence-corrected chi connectivity index (χ2v) is 7.18. The molecule has 2 aliphatic rings. The van der Waals surface area contributed by atoms with Gasteiger partial charge < -0.3 is 0 Å². The molecule has 0 unspecified atom stereocenters. The number of amides is 2. The third-order valence-electron chi connectivity index (χ3n) is 5.48. The van der Waals surface area contributed by atoms with Crippen LogP contribution in [0.25, 0.3) is 0 Å². The van der Waals surface area contributed by atoms with Crippen molar-refractivity contribution in [2.24, 2.45) is 0 Å². The lowest BCUT2D eigenvalue weighted by atomic mass is 10.1. The van der Waals surface area contributed by atoms with Crippen molar-refractivity contribution in [2.75, 3.05) is 39.3 Å². The highest BCUT2D eigenvalue weighted by Gasteiger charge is 2.45. The number of nitriles is 1. The summed E-state index contributed by atoms with van der Waals surface area (Å²) in [5, 5.41) is 9.20. The number of piperazine rings is 1. The summed E-state index contributed by atoms with van der Waals surface area (Å²) in [7, 11) is 0. The number of rotatable bonds is 2. The van der Waals surface area contributed by atoms with Gasteiger partial charge in [0.1, 0.15) is 5.69 Å². The second-order valence-electron chi connectivity index (χ2n) is 7.18. The normalized spacial score (nSPS) is 21.0. The molecule has 24 heavy (non-hydrogen) atoms. The summed E-state index contributed by atoms with van der Waals surface area (Å²) in [6, 6.07) is 10.6. The van der Waals surface area contributed by atoms with Gasteiger partial charge in [0.15, 0.2) is 0 Å². The Morgan fingerprint density at radius 1 is 1.17 bits per heavy atom. The highest BCUT2D eigenvalue weighted by molar-refractivity contribution is 5.88. The molecule has 5 nitrogen and oxygen atoms in total. The van der Waals surface area contributed by atoms with Crippen LogP contribution in [0.2, 0.25) is 0 Å². The molecule has 3 rings (SSSR count). The molecule has 1 aromatic rings. The summed E-state index contributed by atoms with van der Waals surface area (Å²) in [6.45, 7) is 9.60. The van der Waals surface area contributed by atoms with E-state index in [1.165, 1.54) is 0 Å². The minimum Gasteiger partial charge on any atom is -0.297 e. The van der Waals surface area contributed by atoms with Crippen molar-refractivity contribution in [3.8, 4) is 6.07 Å². The molecule has 0 bridgehead atoms. The predicted molar refractivity (Wildman–Crippen MR) is 95.6 cm³/mol. The summed E-state index contributed by atoms with van der Waals surface area (Å²) in [5.41, 5.74) is 1.61. The Balaban J connectivity index is 1.83. The maximum Gasteiger partial charge on any atom is 0.424 e. The molecule has 2 fully saturated rings. The fourth-order valence-corrected chi connectivity index (χ4v) is 3.98. The highest BCUT2D eigenvalue weighted by atomic mass is 16.2. The summed E-state index contributed by atoms with van der Waals surface area (Å²) < 4.78 is 0.386. The SMILES string of the molecule is CC(C)N1CCN(C(=O)[N+]2(c3cccc(C#N)c3)CCCC2)CC1. The van der Waals surface area contributed by atoms with Crippen molar-refractivity contribution in [1.82, 2.24) is 14.3 Å². The van der Waals surface area contributed by atoms with Crippen molar-refractivity contribution < 1.29 is 4.79 Å². The first-order chi connectivity index (χ1) is 11.6. The van der Waals surface area contributed by atoms with Crippen LogP contribution in [0.1, 0.15) is 32.3 Å². The Kier molecular flexibility index (Phi) is 4.88. The van der Waals surface area contributed by atoms with Crippen molar-refractivity contribution in [3.05, 3.63) is 29.8 Å². The Morgan fingerprint density at radius 2 is 1.83 bits per heavy atom.